The molecule has 3 rings (SSSR count). The summed E-state index contributed by atoms with van der Waals surface area (Å²) in [7, 11) is 0.637. The molecule has 0 radical (unpaired) electrons. The molecule has 0 amide bonds. The molecule has 1 aliphatic rings. The largest absolute Gasteiger partial charge is 0.494 e. The van der Waals surface area contributed by atoms with Crippen LogP contribution in [-0.4, -0.2) is 31.7 Å². The molecule has 1 heterocycles. The second-order valence-corrected chi connectivity index (χ2v) is 7.08. The Labute approximate surface area is 157 Å². The molecule has 8 heteroatoms. The van der Waals surface area contributed by atoms with Crippen LogP contribution in [0.2, 0.25) is 0 Å². The fourth-order valence-electron chi connectivity index (χ4n) is 3.15. The zero-order valence-corrected chi connectivity index (χ0v) is 15.4. The minimum atomic E-state index is -0.686. The summed E-state index contributed by atoms with van der Waals surface area (Å²) in [5.74, 6) is -0.425. The molecule has 140 valence electrons. The average molecular weight is 369 g/mol. The Morgan fingerprint density at radius 2 is 1.89 bits per heavy atom. The predicted octanol–water partition coefficient (Wildman–Crippen LogP) is 2.89. The number of esters is 1. The molecule has 1 atom stereocenters. The number of nitro benzene ring substituents is 1. The number of methoxy groups -OCH3 is 1. The van der Waals surface area contributed by atoms with E-state index in [1.54, 1.807) is 42.5 Å². The lowest BCUT2D eigenvalue weighted by atomic mass is 9.72. The molecule has 1 saturated heterocycles. The first kappa shape index (κ1) is 19.1. The van der Waals surface area contributed by atoms with Gasteiger partial charge in [0.25, 0.3) is 5.69 Å². The first-order valence-electron chi connectivity index (χ1n) is 8.52. The van der Waals surface area contributed by atoms with E-state index in [1.165, 1.54) is 13.2 Å². The van der Waals surface area contributed by atoms with Crippen LogP contribution in [-0.2, 0) is 14.0 Å². The lowest BCUT2D eigenvalue weighted by Gasteiger charge is -2.41. The minimum absolute atomic E-state index is 0.0252. The number of nitrogens with zero attached hydrogens (tertiary/aromatic N) is 1. The van der Waals surface area contributed by atoms with Gasteiger partial charge in [0.05, 0.1) is 29.3 Å². The Morgan fingerprint density at radius 1 is 1.22 bits per heavy atom. The molecule has 0 bridgehead atoms. The predicted molar refractivity (Wildman–Crippen MR) is 99.8 cm³/mol. The van der Waals surface area contributed by atoms with Gasteiger partial charge in [-0.05, 0) is 23.7 Å². The Hall–Kier alpha value is -2.71. The van der Waals surface area contributed by atoms with Crippen molar-refractivity contribution in [3.05, 3.63) is 69.8 Å². The highest BCUT2D eigenvalue weighted by Gasteiger charge is 2.44. The van der Waals surface area contributed by atoms with E-state index < -0.39 is 29.5 Å². The van der Waals surface area contributed by atoms with Gasteiger partial charge in [-0.15, -0.1) is 0 Å². The van der Waals surface area contributed by atoms with Gasteiger partial charge >= 0.3 is 13.1 Å². The van der Waals surface area contributed by atoms with Crippen molar-refractivity contribution in [2.24, 2.45) is 5.41 Å². The average Bonchev–Trinajstić information content (AvgIpc) is 2.67. The molecule has 0 N–H and O–H groups in total. The van der Waals surface area contributed by atoms with Crippen molar-refractivity contribution in [3.63, 3.8) is 0 Å². The van der Waals surface area contributed by atoms with Crippen molar-refractivity contribution in [2.45, 2.75) is 20.0 Å². The third kappa shape index (κ3) is 3.86. The Balaban J connectivity index is 1.90. The van der Waals surface area contributed by atoms with E-state index in [4.69, 9.17) is 14.0 Å². The molecule has 1 unspecified atom stereocenters. The summed E-state index contributed by atoms with van der Waals surface area (Å²) < 4.78 is 16.7. The third-order valence-electron chi connectivity index (χ3n) is 4.60. The summed E-state index contributed by atoms with van der Waals surface area (Å²) in [4.78, 5) is 22.6. The summed E-state index contributed by atoms with van der Waals surface area (Å²) >= 11 is 0. The highest BCUT2D eigenvalue weighted by Crippen LogP contribution is 2.43. The van der Waals surface area contributed by atoms with Crippen LogP contribution in [0.15, 0.2) is 48.5 Å². The van der Waals surface area contributed by atoms with Gasteiger partial charge in [-0.1, -0.05) is 38.1 Å². The Morgan fingerprint density at radius 3 is 2.52 bits per heavy atom. The highest BCUT2D eigenvalue weighted by atomic mass is 16.6. The lowest BCUT2D eigenvalue weighted by molar-refractivity contribution is -0.386. The molecule has 0 spiro atoms. The van der Waals surface area contributed by atoms with Gasteiger partial charge in [0.15, 0.2) is 0 Å². The van der Waals surface area contributed by atoms with Crippen LogP contribution in [0.4, 0.5) is 5.69 Å². The molecule has 0 aromatic heterocycles. The van der Waals surface area contributed by atoms with Gasteiger partial charge in [-0.3, -0.25) is 10.1 Å². The molecular weight excluding hydrogens is 349 g/mol. The number of hydrogen-bond donors (Lipinski definition) is 0. The lowest BCUT2D eigenvalue weighted by Crippen LogP contribution is -2.49. The molecule has 1 aliphatic heterocycles. The summed E-state index contributed by atoms with van der Waals surface area (Å²) in [6.07, 6.45) is -0.516. The first-order chi connectivity index (χ1) is 12.8. The van der Waals surface area contributed by atoms with Crippen molar-refractivity contribution in [2.75, 3.05) is 13.7 Å². The van der Waals surface area contributed by atoms with Gasteiger partial charge in [0.1, 0.15) is 0 Å². The van der Waals surface area contributed by atoms with Crippen LogP contribution >= 0.6 is 0 Å². The second-order valence-electron chi connectivity index (χ2n) is 7.08. The molecule has 27 heavy (non-hydrogen) atoms. The van der Waals surface area contributed by atoms with E-state index in [0.29, 0.717) is 17.7 Å². The van der Waals surface area contributed by atoms with Gasteiger partial charge in [0, 0.05) is 18.1 Å². The van der Waals surface area contributed by atoms with Crippen molar-refractivity contribution < 1.29 is 23.8 Å². The Kier molecular flexibility index (Phi) is 5.30. The number of carbonyl (C=O) groups excluding carboxylic acids is 1. The summed E-state index contributed by atoms with van der Waals surface area (Å²) in [6.45, 7) is 4.27. The smallest absolute Gasteiger partial charge is 0.465 e. The van der Waals surface area contributed by atoms with Crippen LogP contribution in [0.1, 0.15) is 35.9 Å². The summed E-state index contributed by atoms with van der Waals surface area (Å²) in [5, 5.41) is 11.4. The van der Waals surface area contributed by atoms with E-state index in [-0.39, 0.29) is 5.69 Å². The van der Waals surface area contributed by atoms with E-state index in [2.05, 4.69) is 0 Å². The maximum Gasteiger partial charge on any atom is 0.494 e. The number of hydrogen-bond acceptors (Lipinski definition) is 6. The molecule has 1 fully saturated rings. The molecule has 7 nitrogen and oxygen atoms in total. The highest BCUT2D eigenvalue weighted by molar-refractivity contribution is 6.61. The fraction of sp³-hybridized carbons (Fsp3) is 0.316. The third-order valence-corrected chi connectivity index (χ3v) is 4.60. The zero-order chi connectivity index (χ0) is 19.6. The first-order valence-corrected chi connectivity index (χ1v) is 8.52. The number of nitro groups is 1. The topological polar surface area (TPSA) is 87.9 Å². The maximum absolute atomic E-state index is 11.6. The van der Waals surface area contributed by atoms with Gasteiger partial charge in [0.2, 0.25) is 0 Å². The number of rotatable bonds is 4. The number of ether oxygens (including phenoxy) is 1. The van der Waals surface area contributed by atoms with Crippen molar-refractivity contribution in [1.29, 1.82) is 0 Å². The summed E-state index contributed by atoms with van der Waals surface area (Å²) in [5.41, 5.74) is 1.24. The van der Waals surface area contributed by atoms with E-state index in [9.17, 15) is 14.9 Å². The molecule has 2 aromatic carbocycles. The van der Waals surface area contributed by atoms with E-state index in [0.717, 1.165) is 5.46 Å². The Bertz CT molecular complexity index is 852. The number of benzene rings is 2. The maximum atomic E-state index is 11.6. The van der Waals surface area contributed by atoms with Gasteiger partial charge < -0.3 is 14.0 Å². The van der Waals surface area contributed by atoms with Crippen molar-refractivity contribution in [3.8, 4) is 0 Å². The quantitative estimate of drug-likeness (QED) is 0.356. The molecule has 0 aliphatic carbocycles. The SMILES string of the molecule is COC(=O)c1ccc(B2OCC(C)(C)C(c3ccccc3[N+](=O)[O-])O2)cc1. The standard InChI is InChI=1S/C19H20BNO6/c1-19(2)12-26-20(14-10-8-13(9-11-14)18(22)25-3)27-17(19)15-6-4-5-7-16(15)21(23)24/h4-11,17H,12H2,1-3H3. The van der Waals surface area contributed by atoms with Crippen LogP contribution in [0.25, 0.3) is 0 Å². The van der Waals surface area contributed by atoms with Gasteiger partial charge in [-0.2, -0.15) is 0 Å². The zero-order valence-electron chi connectivity index (χ0n) is 15.4. The van der Waals surface area contributed by atoms with Crippen LogP contribution in [0.5, 0.6) is 0 Å². The molecule has 2 aromatic rings. The second kappa shape index (κ2) is 7.50. The fourth-order valence-corrected chi connectivity index (χ4v) is 3.15. The normalized spacial score (nSPS) is 18.8. The number of carbonyl (C=O) groups is 1. The monoisotopic (exact) mass is 369 g/mol. The van der Waals surface area contributed by atoms with Crippen molar-refractivity contribution >= 4 is 24.2 Å². The molecule has 0 saturated carbocycles. The number of para-hydroxylation sites is 1. The van der Waals surface area contributed by atoms with E-state index in [1.807, 2.05) is 13.8 Å². The van der Waals surface area contributed by atoms with Crippen LogP contribution in [0.3, 0.4) is 0 Å². The minimum Gasteiger partial charge on any atom is -0.465 e. The summed E-state index contributed by atoms with van der Waals surface area (Å²) in [6, 6.07) is 13.3. The van der Waals surface area contributed by atoms with E-state index >= 15 is 0 Å². The van der Waals surface area contributed by atoms with Crippen molar-refractivity contribution in [1.82, 2.24) is 0 Å². The van der Waals surface area contributed by atoms with Gasteiger partial charge in [-0.25, -0.2) is 4.79 Å². The molecular formula is C19H20BNO6. The van der Waals surface area contributed by atoms with Crippen LogP contribution < -0.4 is 5.46 Å². The van der Waals surface area contributed by atoms with Crippen LogP contribution in [0, 0.1) is 15.5 Å².